The summed E-state index contributed by atoms with van der Waals surface area (Å²) in [7, 11) is 1.35. The highest BCUT2D eigenvalue weighted by Crippen LogP contribution is 2.02. The molecule has 108 valence electrons. The maximum atomic E-state index is 9.59. The third kappa shape index (κ3) is 18.5. The predicted molar refractivity (Wildman–Crippen MR) is 79.1 cm³/mol. The molecule has 0 heterocycles. The van der Waals surface area contributed by atoms with Crippen LogP contribution in [0.1, 0.15) is 26.3 Å². The molecule has 0 fully saturated rings. The van der Waals surface area contributed by atoms with Crippen LogP contribution in [0.3, 0.4) is 0 Å². The van der Waals surface area contributed by atoms with E-state index >= 15 is 0 Å². The van der Waals surface area contributed by atoms with Gasteiger partial charge in [-0.05, 0) is 32.9 Å². The average Bonchev–Trinajstić information content (AvgIpc) is 2.34. The quantitative estimate of drug-likeness (QED) is 0.387. The molecule has 0 aliphatic heterocycles. The Morgan fingerprint density at radius 2 is 1.74 bits per heavy atom. The highest BCUT2D eigenvalue weighted by molar-refractivity contribution is 5.65. The molecule has 0 aromatic heterocycles. The van der Waals surface area contributed by atoms with Crippen molar-refractivity contribution in [2.45, 2.75) is 33.8 Å². The van der Waals surface area contributed by atoms with E-state index in [0.29, 0.717) is 0 Å². The Morgan fingerprint density at radius 3 is 1.89 bits per heavy atom. The van der Waals surface area contributed by atoms with Crippen molar-refractivity contribution in [3.8, 4) is 0 Å². The van der Waals surface area contributed by atoms with Gasteiger partial charge in [-0.3, -0.25) is 4.79 Å². The van der Waals surface area contributed by atoms with Crippen molar-refractivity contribution >= 4 is 18.4 Å². The SMILES string of the molecule is C=NOC(C)C.COC(C)=O.Cc1ccc(N)cc1. The zero-order valence-electron chi connectivity index (χ0n) is 12.3. The van der Waals surface area contributed by atoms with Gasteiger partial charge >= 0.3 is 5.97 Å². The maximum Gasteiger partial charge on any atom is 0.302 e. The van der Waals surface area contributed by atoms with Gasteiger partial charge in [-0.15, -0.1) is 5.16 Å². The maximum absolute atomic E-state index is 9.59. The number of esters is 1. The van der Waals surface area contributed by atoms with Crippen LogP contribution in [0.25, 0.3) is 0 Å². The Kier molecular flexibility index (Phi) is 12.6. The van der Waals surface area contributed by atoms with Crippen LogP contribution < -0.4 is 5.73 Å². The molecule has 1 rings (SSSR count). The lowest BCUT2D eigenvalue weighted by Gasteiger charge is -1.96. The number of ether oxygens (including phenoxy) is 1. The summed E-state index contributed by atoms with van der Waals surface area (Å²) in [5.41, 5.74) is 7.51. The Labute approximate surface area is 115 Å². The molecule has 1 aromatic rings. The smallest absolute Gasteiger partial charge is 0.302 e. The normalized spacial score (nSPS) is 8.32. The second-order valence-electron chi connectivity index (χ2n) is 3.89. The lowest BCUT2D eigenvalue weighted by atomic mass is 10.2. The second-order valence-corrected chi connectivity index (χ2v) is 3.89. The molecule has 0 saturated heterocycles. The van der Waals surface area contributed by atoms with Crippen LogP contribution in [-0.4, -0.2) is 25.9 Å². The summed E-state index contributed by atoms with van der Waals surface area (Å²) in [5, 5.41) is 3.19. The van der Waals surface area contributed by atoms with Crippen molar-refractivity contribution in [1.82, 2.24) is 0 Å². The number of nitrogens with two attached hydrogens (primary N) is 1. The summed E-state index contributed by atoms with van der Waals surface area (Å²) < 4.78 is 4.11. The van der Waals surface area contributed by atoms with E-state index in [9.17, 15) is 4.79 Å². The Balaban J connectivity index is 0. The number of oxime groups is 1. The minimum Gasteiger partial charge on any atom is -0.469 e. The van der Waals surface area contributed by atoms with Crippen molar-refractivity contribution in [3.05, 3.63) is 29.8 Å². The van der Waals surface area contributed by atoms with Crippen molar-refractivity contribution in [3.63, 3.8) is 0 Å². The number of hydrogen-bond acceptors (Lipinski definition) is 5. The molecule has 0 aliphatic carbocycles. The van der Waals surface area contributed by atoms with Gasteiger partial charge in [0.2, 0.25) is 0 Å². The molecule has 1 aromatic carbocycles. The number of nitrogens with zero attached hydrogens (tertiary/aromatic N) is 1. The van der Waals surface area contributed by atoms with Gasteiger partial charge in [-0.2, -0.15) is 0 Å². The van der Waals surface area contributed by atoms with E-state index in [0.717, 1.165) is 5.69 Å². The van der Waals surface area contributed by atoms with Gasteiger partial charge in [0.15, 0.2) is 0 Å². The summed E-state index contributed by atoms with van der Waals surface area (Å²) in [6.45, 7) is 10.3. The van der Waals surface area contributed by atoms with Gasteiger partial charge in [0, 0.05) is 19.3 Å². The molecular formula is C14H24N2O3. The van der Waals surface area contributed by atoms with Crippen LogP contribution in [0.5, 0.6) is 0 Å². The highest BCUT2D eigenvalue weighted by atomic mass is 16.6. The first-order chi connectivity index (χ1) is 8.83. The fourth-order valence-corrected chi connectivity index (χ4v) is 0.716. The first-order valence-electron chi connectivity index (χ1n) is 5.82. The minimum absolute atomic E-state index is 0.169. The van der Waals surface area contributed by atoms with Gasteiger partial charge in [0.1, 0.15) is 6.10 Å². The third-order valence-corrected chi connectivity index (χ3v) is 1.65. The summed E-state index contributed by atoms with van der Waals surface area (Å²) in [6.07, 6.45) is 0.169. The van der Waals surface area contributed by atoms with Gasteiger partial charge in [-0.1, -0.05) is 17.7 Å². The molecule has 0 amide bonds. The van der Waals surface area contributed by atoms with Crippen molar-refractivity contribution in [2.75, 3.05) is 12.8 Å². The van der Waals surface area contributed by atoms with E-state index < -0.39 is 0 Å². The van der Waals surface area contributed by atoms with Gasteiger partial charge in [0.25, 0.3) is 0 Å². The Bertz CT molecular complexity index is 327. The predicted octanol–water partition coefficient (Wildman–Crippen LogP) is 2.78. The highest BCUT2D eigenvalue weighted by Gasteiger charge is 1.83. The summed E-state index contributed by atoms with van der Waals surface area (Å²) in [5.74, 6) is -0.245. The first-order valence-corrected chi connectivity index (χ1v) is 5.82. The number of carbonyl (C=O) groups is 1. The molecule has 0 atom stereocenters. The minimum atomic E-state index is -0.245. The first kappa shape index (κ1) is 19.3. The van der Waals surface area contributed by atoms with Crippen molar-refractivity contribution < 1.29 is 14.4 Å². The number of carbonyl (C=O) groups excluding carboxylic acids is 1. The number of nitrogen functional groups attached to an aromatic ring is 1. The topological polar surface area (TPSA) is 73.9 Å². The largest absolute Gasteiger partial charge is 0.469 e. The van der Waals surface area contributed by atoms with Gasteiger partial charge in [-0.25, -0.2) is 0 Å². The fourth-order valence-electron chi connectivity index (χ4n) is 0.716. The summed E-state index contributed by atoms with van der Waals surface area (Å²) in [4.78, 5) is 14.1. The number of aryl methyl sites for hydroxylation is 1. The van der Waals surface area contributed by atoms with Crippen LogP contribution >= 0.6 is 0 Å². The number of methoxy groups -OCH3 is 1. The molecule has 0 spiro atoms. The molecule has 0 unspecified atom stereocenters. The molecule has 0 aliphatic rings. The average molecular weight is 268 g/mol. The molecule has 2 N–H and O–H groups in total. The molecule has 0 bridgehead atoms. The van der Waals surface area contributed by atoms with Crippen LogP contribution in [0.15, 0.2) is 29.4 Å². The lowest BCUT2D eigenvalue weighted by molar-refractivity contribution is -0.137. The molecule has 19 heavy (non-hydrogen) atoms. The third-order valence-electron chi connectivity index (χ3n) is 1.65. The van der Waals surface area contributed by atoms with Crippen molar-refractivity contribution in [1.29, 1.82) is 0 Å². The van der Waals surface area contributed by atoms with Gasteiger partial charge in [0.05, 0.1) is 7.11 Å². The Morgan fingerprint density at radius 1 is 1.32 bits per heavy atom. The number of hydrogen-bond donors (Lipinski definition) is 1. The number of benzene rings is 1. The lowest BCUT2D eigenvalue weighted by Crippen LogP contribution is -1.93. The van der Waals surface area contributed by atoms with Crippen LogP contribution in [0.4, 0.5) is 5.69 Å². The fraction of sp³-hybridized carbons (Fsp3) is 0.429. The molecule has 0 radical (unpaired) electrons. The Hall–Kier alpha value is -2.04. The van der Waals surface area contributed by atoms with Crippen LogP contribution in [0, 0.1) is 6.92 Å². The van der Waals surface area contributed by atoms with E-state index in [2.05, 4.69) is 21.4 Å². The molecule has 5 heteroatoms. The molecule has 0 saturated carbocycles. The van der Waals surface area contributed by atoms with E-state index in [-0.39, 0.29) is 12.1 Å². The van der Waals surface area contributed by atoms with Crippen molar-refractivity contribution in [2.24, 2.45) is 5.16 Å². The monoisotopic (exact) mass is 268 g/mol. The molecule has 5 nitrogen and oxygen atoms in total. The van der Waals surface area contributed by atoms with Gasteiger partial charge < -0.3 is 15.3 Å². The van der Waals surface area contributed by atoms with E-state index in [1.54, 1.807) is 0 Å². The van der Waals surface area contributed by atoms with E-state index in [1.165, 1.54) is 19.6 Å². The molecular weight excluding hydrogens is 244 g/mol. The van der Waals surface area contributed by atoms with Crippen LogP contribution in [-0.2, 0) is 14.4 Å². The van der Waals surface area contributed by atoms with E-state index in [4.69, 9.17) is 5.73 Å². The zero-order valence-corrected chi connectivity index (χ0v) is 12.3. The summed E-state index contributed by atoms with van der Waals surface area (Å²) in [6, 6.07) is 7.79. The van der Waals surface area contributed by atoms with E-state index in [1.807, 2.05) is 45.0 Å². The number of anilines is 1. The zero-order chi connectivity index (χ0) is 15.3. The summed E-state index contributed by atoms with van der Waals surface area (Å²) >= 11 is 0. The number of rotatable bonds is 2. The van der Waals surface area contributed by atoms with Crippen LogP contribution in [0.2, 0.25) is 0 Å². The second kappa shape index (κ2) is 12.4. The standard InChI is InChI=1S/C7H9N.C4H9NO.C3H6O2/c1-6-2-4-7(8)5-3-6;1-4(2)6-5-3;1-3(4)5-2/h2-5H,8H2,1H3;4H,3H2,1-2H3;1-2H3.